The molecule has 0 saturated heterocycles. The Kier molecular flexibility index (Phi) is 10.5. The molecule has 0 radical (unpaired) electrons. The third-order valence-electron chi connectivity index (χ3n) is 5.54. The van der Waals surface area contributed by atoms with Gasteiger partial charge in [-0.3, -0.25) is 9.59 Å². The summed E-state index contributed by atoms with van der Waals surface area (Å²) in [6.45, 7) is 7.86. The monoisotopic (exact) mass is 460 g/mol. The number of amides is 2. The highest BCUT2D eigenvalue weighted by Gasteiger charge is 2.21. The van der Waals surface area contributed by atoms with Crippen molar-refractivity contribution in [2.45, 2.75) is 53.0 Å². The van der Waals surface area contributed by atoms with E-state index in [9.17, 15) is 9.59 Å². The van der Waals surface area contributed by atoms with Crippen LogP contribution < -0.4 is 9.47 Å². The number of rotatable bonds is 13. The minimum absolute atomic E-state index is 0.0174. The van der Waals surface area contributed by atoms with E-state index in [1.807, 2.05) is 30.0 Å². The molecule has 1 aromatic carbocycles. The maximum absolute atomic E-state index is 13.3. The second-order valence-electron chi connectivity index (χ2n) is 7.80. The number of ether oxygens (including phenoxy) is 2. The van der Waals surface area contributed by atoms with E-state index in [-0.39, 0.29) is 18.4 Å². The molecule has 7 heteroatoms. The van der Waals surface area contributed by atoms with Crippen LogP contribution in [0.1, 0.15) is 49.1 Å². The Hall–Kier alpha value is -2.54. The smallest absolute Gasteiger partial charge is 0.242 e. The maximum Gasteiger partial charge on any atom is 0.242 e. The fraction of sp³-hybridized carbons (Fsp3) is 0.520. The van der Waals surface area contributed by atoms with Gasteiger partial charge in [0.05, 0.1) is 27.3 Å². The van der Waals surface area contributed by atoms with Crippen molar-refractivity contribution in [2.24, 2.45) is 0 Å². The molecule has 0 atom stereocenters. The van der Waals surface area contributed by atoms with Gasteiger partial charge in [0.15, 0.2) is 11.5 Å². The van der Waals surface area contributed by atoms with Crippen molar-refractivity contribution < 1.29 is 19.1 Å². The van der Waals surface area contributed by atoms with Crippen LogP contribution in [0.4, 0.5) is 0 Å². The van der Waals surface area contributed by atoms with Crippen LogP contribution in [0.15, 0.2) is 29.6 Å². The van der Waals surface area contributed by atoms with Gasteiger partial charge in [0.25, 0.3) is 0 Å². The van der Waals surface area contributed by atoms with Gasteiger partial charge in [0, 0.05) is 24.4 Å². The molecule has 0 aliphatic rings. The number of nitrogens with zero attached hydrogens (tertiary/aromatic N) is 2. The molecule has 0 bridgehead atoms. The fourth-order valence-corrected chi connectivity index (χ4v) is 4.38. The van der Waals surface area contributed by atoms with Crippen molar-refractivity contribution in [3.63, 3.8) is 0 Å². The summed E-state index contributed by atoms with van der Waals surface area (Å²) in [4.78, 5) is 30.5. The Bertz CT molecular complexity index is 881. The minimum Gasteiger partial charge on any atom is -0.493 e. The Morgan fingerprint density at radius 3 is 2.31 bits per heavy atom. The topological polar surface area (TPSA) is 59.1 Å². The second kappa shape index (κ2) is 13.1. The minimum atomic E-state index is -0.0174. The van der Waals surface area contributed by atoms with Crippen molar-refractivity contribution in [3.05, 3.63) is 45.6 Å². The molecule has 0 spiro atoms. The van der Waals surface area contributed by atoms with Gasteiger partial charge in [-0.15, -0.1) is 11.3 Å². The molecule has 0 aliphatic heterocycles. The lowest BCUT2D eigenvalue weighted by Crippen LogP contribution is -2.43. The Labute approximate surface area is 196 Å². The van der Waals surface area contributed by atoms with Gasteiger partial charge < -0.3 is 19.3 Å². The van der Waals surface area contributed by atoms with Crippen LogP contribution >= 0.6 is 11.3 Å². The predicted octanol–water partition coefficient (Wildman–Crippen LogP) is 4.68. The fourth-order valence-electron chi connectivity index (χ4n) is 3.46. The van der Waals surface area contributed by atoms with Crippen molar-refractivity contribution in [1.82, 2.24) is 9.80 Å². The zero-order valence-corrected chi connectivity index (χ0v) is 20.8. The van der Waals surface area contributed by atoms with E-state index in [0.29, 0.717) is 44.0 Å². The molecular formula is C25H36N2O4S. The lowest BCUT2D eigenvalue weighted by Gasteiger charge is -2.28. The molecule has 6 nitrogen and oxygen atoms in total. The number of methoxy groups -OCH3 is 2. The van der Waals surface area contributed by atoms with Gasteiger partial charge >= 0.3 is 0 Å². The van der Waals surface area contributed by atoms with Gasteiger partial charge in [-0.05, 0) is 54.5 Å². The number of carbonyl (C=O) groups is 2. The number of thiophene rings is 1. The van der Waals surface area contributed by atoms with E-state index in [1.165, 1.54) is 10.4 Å². The lowest BCUT2D eigenvalue weighted by molar-refractivity contribution is -0.140. The van der Waals surface area contributed by atoms with Gasteiger partial charge in [-0.25, -0.2) is 0 Å². The Morgan fingerprint density at radius 2 is 1.72 bits per heavy atom. The number of benzene rings is 1. The van der Waals surface area contributed by atoms with Crippen LogP contribution in [0.25, 0.3) is 0 Å². The summed E-state index contributed by atoms with van der Waals surface area (Å²) in [5, 5.41) is 2.05. The van der Waals surface area contributed by atoms with Gasteiger partial charge in [0.1, 0.15) is 0 Å². The molecule has 0 saturated carbocycles. The Morgan fingerprint density at radius 1 is 0.969 bits per heavy atom. The van der Waals surface area contributed by atoms with E-state index in [1.54, 1.807) is 30.5 Å². The third-order valence-corrected chi connectivity index (χ3v) is 6.54. The number of unbranched alkanes of at least 4 members (excludes halogenated alkanes) is 1. The van der Waals surface area contributed by atoms with E-state index in [0.717, 1.165) is 18.4 Å². The third kappa shape index (κ3) is 7.26. The van der Waals surface area contributed by atoms with Crippen LogP contribution in [0, 0.1) is 6.92 Å². The van der Waals surface area contributed by atoms with E-state index >= 15 is 0 Å². The van der Waals surface area contributed by atoms with Crippen molar-refractivity contribution in [2.75, 3.05) is 33.9 Å². The zero-order valence-electron chi connectivity index (χ0n) is 20.0. The van der Waals surface area contributed by atoms with Crippen LogP contribution in [0.2, 0.25) is 0 Å². The average molecular weight is 461 g/mol. The maximum atomic E-state index is 13.3. The number of carbonyl (C=O) groups excluding carboxylic acids is 2. The van der Waals surface area contributed by atoms with Crippen molar-refractivity contribution in [1.29, 1.82) is 0 Å². The summed E-state index contributed by atoms with van der Waals surface area (Å²) in [7, 11) is 3.23. The number of hydrogen-bond acceptors (Lipinski definition) is 5. The SMILES string of the molecule is CCCCN(CC(=O)N(CCc1ccc(OC)c(OC)c1)Cc1sccc1C)C(=O)CC. The standard InChI is InChI=1S/C25H36N2O4S/c1-6-8-13-26(24(28)7-2)18-25(29)27(17-23-19(3)12-15-32-23)14-11-20-9-10-21(30-4)22(16-20)31-5/h9-10,12,15-16H,6-8,11,13-14,17-18H2,1-5H3. The average Bonchev–Trinajstić information content (AvgIpc) is 3.22. The molecule has 0 aliphatic carbocycles. The quantitative estimate of drug-likeness (QED) is 0.435. The first kappa shape index (κ1) is 25.7. The zero-order chi connectivity index (χ0) is 23.5. The molecule has 0 fully saturated rings. The van der Waals surface area contributed by atoms with Crippen LogP contribution in [-0.2, 0) is 22.6 Å². The molecule has 0 unspecified atom stereocenters. The first-order valence-electron chi connectivity index (χ1n) is 11.2. The van der Waals surface area contributed by atoms with E-state index < -0.39 is 0 Å². The molecule has 2 rings (SSSR count). The first-order valence-corrected chi connectivity index (χ1v) is 12.1. The molecular weight excluding hydrogens is 424 g/mol. The van der Waals surface area contributed by atoms with Crippen LogP contribution in [-0.4, -0.2) is 55.5 Å². The summed E-state index contributed by atoms with van der Waals surface area (Å²) in [5.74, 6) is 1.37. The summed E-state index contributed by atoms with van der Waals surface area (Å²) >= 11 is 1.66. The van der Waals surface area contributed by atoms with Gasteiger partial charge in [-0.1, -0.05) is 26.3 Å². The molecule has 0 N–H and O–H groups in total. The second-order valence-corrected chi connectivity index (χ2v) is 8.80. The largest absolute Gasteiger partial charge is 0.493 e. The molecule has 176 valence electrons. The van der Waals surface area contributed by atoms with Crippen LogP contribution in [0.3, 0.4) is 0 Å². The van der Waals surface area contributed by atoms with Crippen molar-refractivity contribution in [3.8, 4) is 11.5 Å². The van der Waals surface area contributed by atoms with Crippen molar-refractivity contribution >= 4 is 23.2 Å². The normalized spacial score (nSPS) is 10.7. The molecule has 1 aromatic heterocycles. The highest BCUT2D eigenvalue weighted by Crippen LogP contribution is 2.28. The molecule has 32 heavy (non-hydrogen) atoms. The predicted molar refractivity (Wildman–Crippen MR) is 130 cm³/mol. The molecule has 2 amide bonds. The van der Waals surface area contributed by atoms with Gasteiger partial charge in [0.2, 0.25) is 11.8 Å². The summed E-state index contributed by atoms with van der Waals surface area (Å²) in [6, 6.07) is 7.90. The highest BCUT2D eigenvalue weighted by molar-refractivity contribution is 7.10. The van der Waals surface area contributed by atoms with Crippen LogP contribution in [0.5, 0.6) is 11.5 Å². The first-order chi connectivity index (χ1) is 15.4. The Balaban J connectivity index is 2.17. The summed E-state index contributed by atoms with van der Waals surface area (Å²) in [6.07, 6.45) is 2.98. The van der Waals surface area contributed by atoms with Gasteiger partial charge in [-0.2, -0.15) is 0 Å². The number of aryl methyl sites for hydroxylation is 1. The summed E-state index contributed by atoms with van der Waals surface area (Å²) < 4.78 is 10.7. The molecule has 2 aromatic rings. The van der Waals surface area contributed by atoms with E-state index in [2.05, 4.69) is 25.3 Å². The number of hydrogen-bond donors (Lipinski definition) is 0. The molecule has 1 heterocycles. The summed E-state index contributed by atoms with van der Waals surface area (Å²) in [5.41, 5.74) is 2.25. The van der Waals surface area contributed by atoms with E-state index in [4.69, 9.17) is 9.47 Å². The lowest BCUT2D eigenvalue weighted by atomic mass is 10.1. The highest BCUT2D eigenvalue weighted by atomic mass is 32.1.